The number of aliphatic hydroxyl groups is 1. The first-order valence-electron chi connectivity index (χ1n) is 11.2. The molecule has 12 heteroatoms. The second-order valence-electron chi connectivity index (χ2n) is 9.64. The van der Waals surface area contributed by atoms with Crippen LogP contribution in [0.3, 0.4) is 0 Å². The number of nitrogens with one attached hydrogen (secondary N) is 1. The van der Waals surface area contributed by atoms with Crippen LogP contribution in [0.1, 0.15) is 39.2 Å². The molecular weight excluding hydrogens is 509 g/mol. The fourth-order valence-electron chi connectivity index (χ4n) is 4.21. The summed E-state index contributed by atoms with van der Waals surface area (Å²) in [4.78, 5) is 18.3. The van der Waals surface area contributed by atoms with Crippen molar-refractivity contribution in [1.82, 2.24) is 10.3 Å². The summed E-state index contributed by atoms with van der Waals surface area (Å²) in [6.07, 6.45) is -4.62. The van der Waals surface area contributed by atoms with E-state index in [0.717, 1.165) is 12.1 Å². The van der Waals surface area contributed by atoms with Gasteiger partial charge in [-0.2, -0.15) is 0 Å². The summed E-state index contributed by atoms with van der Waals surface area (Å²) >= 11 is 6.11. The van der Waals surface area contributed by atoms with Crippen molar-refractivity contribution < 1.29 is 36.6 Å². The number of alkyl carbamates (subject to hydrolysis) is 1. The third kappa shape index (κ3) is 6.00. The van der Waals surface area contributed by atoms with E-state index < -0.39 is 47.2 Å². The standard InChI is InChI=1S/C24H27ClF5N3O3/c1-23(2,3)36-22(35)32-24(20(34)21(29)30)7-4-8-33(12-24)17-11-31-16(9-13(17)10-25)14-5-6-15(26)19(28)18(14)27/h5-6,9,11,20-21,34H,4,7-8,10,12H2,1-3H3,(H,32,35). The number of benzene rings is 1. The number of piperidine rings is 1. The molecule has 0 spiro atoms. The number of nitrogens with zero attached hydrogens (tertiary/aromatic N) is 2. The number of halogens is 6. The molecule has 2 N–H and O–H groups in total. The van der Waals surface area contributed by atoms with Crippen LogP contribution >= 0.6 is 11.6 Å². The average Bonchev–Trinajstić information content (AvgIpc) is 2.80. The van der Waals surface area contributed by atoms with Crippen LogP contribution < -0.4 is 10.2 Å². The van der Waals surface area contributed by atoms with Crippen molar-refractivity contribution in [2.75, 3.05) is 18.0 Å². The van der Waals surface area contributed by atoms with Crippen molar-refractivity contribution in [2.45, 2.75) is 63.2 Å². The summed E-state index contributed by atoms with van der Waals surface area (Å²) in [5.41, 5.74) is -2.12. The van der Waals surface area contributed by atoms with Gasteiger partial charge in [0.2, 0.25) is 0 Å². The summed E-state index contributed by atoms with van der Waals surface area (Å²) in [6.45, 7) is 4.99. The van der Waals surface area contributed by atoms with Gasteiger partial charge in [-0.3, -0.25) is 4.98 Å². The Morgan fingerprint density at radius 2 is 1.97 bits per heavy atom. The number of ether oxygens (including phenoxy) is 1. The third-order valence-electron chi connectivity index (χ3n) is 5.84. The van der Waals surface area contributed by atoms with Gasteiger partial charge in [0.05, 0.1) is 23.1 Å². The highest BCUT2D eigenvalue weighted by Gasteiger charge is 2.48. The van der Waals surface area contributed by atoms with Crippen molar-refractivity contribution in [3.05, 3.63) is 47.4 Å². The fourth-order valence-corrected chi connectivity index (χ4v) is 4.42. The number of amides is 1. The molecule has 0 radical (unpaired) electrons. The lowest BCUT2D eigenvalue weighted by Gasteiger charge is -2.46. The van der Waals surface area contributed by atoms with Gasteiger partial charge in [-0.1, -0.05) is 0 Å². The fraction of sp³-hybridized carbons (Fsp3) is 0.500. The number of carbonyl (C=O) groups is 1. The van der Waals surface area contributed by atoms with Gasteiger partial charge >= 0.3 is 6.09 Å². The molecule has 1 aromatic heterocycles. The quantitative estimate of drug-likeness (QED) is 0.294. The maximum absolute atomic E-state index is 14.3. The highest BCUT2D eigenvalue weighted by atomic mass is 35.5. The smallest absolute Gasteiger partial charge is 0.408 e. The summed E-state index contributed by atoms with van der Waals surface area (Å²) in [5.74, 6) is -4.49. The Morgan fingerprint density at radius 3 is 2.58 bits per heavy atom. The molecule has 36 heavy (non-hydrogen) atoms. The van der Waals surface area contributed by atoms with E-state index >= 15 is 0 Å². The minimum absolute atomic E-state index is 0.00596. The number of alkyl halides is 3. The lowest BCUT2D eigenvalue weighted by atomic mass is 9.83. The van der Waals surface area contributed by atoms with Crippen LogP contribution in [0.2, 0.25) is 0 Å². The lowest BCUT2D eigenvalue weighted by molar-refractivity contribution is -0.0664. The minimum Gasteiger partial charge on any atom is -0.444 e. The second-order valence-corrected chi connectivity index (χ2v) is 9.91. The molecule has 2 unspecified atom stereocenters. The van der Waals surface area contributed by atoms with Crippen LogP contribution in [0, 0.1) is 17.5 Å². The zero-order valence-electron chi connectivity index (χ0n) is 19.9. The predicted molar refractivity (Wildman–Crippen MR) is 125 cm³/mol. The van der Waals surface area contributed by atoms with E-state index in [4.69, 9.17) is 16.3 Å². The van der Waals surface area contributed by atoms with Gasteiger partial charge in [0.1, 0.15) is 11.7 Å². The van der Waals surface area contributed by atoms with Crippen LogP contribution in [-0.4, -0.2) is 52.9 Å². The molecule has 1 aliphatic rings. The van der Waals surface area contributed by atoms with E-state index in [-0.39, 0.29) is 30.1 Å². The van der Waals surface area contributed by atoms with Gasteiger partial charge in [0.25, 0.3) is 6.43 Å². The van der Waals surface area contributed by atoms with E-state index in [1.54, 1.807) is 25.7 Å². The number of anilines is 1. The minimum atomic E-state index is -3.15. The van der Waals surface area contributed by atoms with Crippen LogP contribution in [0.5, 0.6) is 0 Å². The Bertz CT molecular complexity index is 1120. The van der Waals surface area contributed by atoms with Crippen LogP contribution in [0.4, 0.5) is 32.4 Å². The number of rotatable bonds is 6. The first-order valence-corrected chi connectivity index (χ1v) is 11.7. The molecule has 2 heterocycles. The highest BCUT2D eigenvalue weighted by Crippen LogP contribution is 2.35. The molecular formula is C24H27ClF5N3O3. The average molecular weight is 536 g/mol. The summed E-state index contributed by atoms with van der Waals surface area (Å²) in [5, 5.41) is 12.9. The topological polar surface area (TPSA) is 74.7 Å². The van der Waals surface area contributed by atoms with Crippen molar-refractivity contribution in [3.63, 3.8) is 0 Å². The van der Waals surface area contributed by atoms with Gasteiger partial charge in [-0.05, 0) is 57.4 Å². The molecule has 6 nitrogen and oxygen atoms in total. The molecule has 1 aromatic carbocycles. The first kappa shape index (κ1) is 27.9. The number of hydrogen-bond acceptors (Lipinski definition) is 5. The number of aromatic nitrogens is 1. The number of hydrogen-bond donors (Lipinski definition) is 2. The lowest BCUT2D eigenvalue weighted by Crippen LogP contribution is -2.67. The van der Waals surface area contributed by atoms with Gasteiger partial charge < -0.3 is 20.1 Å². The Hall–Kier alpha value is -2.66. The van der Waals surface area contributed by atoms with Gasteiger partial charge in [-0.15, -0.1) is 11.6 Å². The maximum atomic E-state index is 14.3. The molecule has 1 aliphatic heterocycles. The van der Waals surface area contributed by atoms with Crippen molar-refractivity contribution in [3.8, 4) is 11.3 Å². The highest BCUT2D eigenvalue weighted by molar-refractivity contribution is 6.17. The second kappa shape index (κ2) is 10.8. The van der Waals surface area contributed by atoms with Crippen molar-refractivity contribution in [1.29, 1.82) is 0 Å². The summed E-state index contributed by atoms with van der Waals surface area (Å²) < 4.78 is 73.9. The van der Waals surface area contributed by atoms with Crippen molar-refractivity contribution in [2.24, 2.45) is 0 Å². The number of pyridine rings is 1. The summed E-state index contributed by atoms with van der Waals surface area (Å²) in [6, 6.07) is 3.21. The van der Waals surface area contributed by atoms with Crippen LogP contribution in [0.25, 0.3) is 11.3 Å². The zero-order valence-corrected chi connectivity index (χ0v) is 20.7. The van der Waals surface area contributed by atoms with E-state index in [0.29, 0.717) is 24.2 Å². The number of carbonyl (C=O) groups excluding carboxylic acids is 1. The molecule has 1 amide bonds. The molecule has 198 valence electrons. The number of aliphatic hydroxyl groups excluding tert-OH is 1. The monoisotopic (exact) mass is 535 g/mol. The third-order valence-corrected chi connectivity index (χ3v) is 6.13. The van der Waals surface area contributed by atoms with Crippen LogP contribution in [-0.2, 0) is 10.6 Å². The SMILES string of the molecule is CC(C)(C)OC(=O)NC1(C(O)C(F)F)CCCN(c2cnc(-c3ccc(F)c(F)c3F)cc2CCl)C1. The molecule has 2 atom stereocenters. The molecule has 0 saturated carbocycles. The van der Waals surface area contributed by atoms with E-state index in [9.17, 15) is 31.9 Å². The van der Waals surface area contributed by atoms with Crippen molar-refractivity contribution >= 4 is 23.4 Å². The molecule has 0 aliphatic carbocycles. The molecule has 1 saturated heterocycles. The maximum Gasteiger partial charge on any atom is 0.408 e. The Labute approximate surface area is 210 Å². The molecule has 2 aromatic rings. The zero-order chi connectivity index (χ0) is 26.8. The normalized spacial score (nSPS) is 19.4. The van der Waals surface area contributed by atoms with Gasteiger partial charge in [0.15, 0.2) is 17.5 Å². The predicted octanol–water partition coefficient (Wildman–Crippen LogP) is 5.39. The van der Waals surface area contributed by atoms with E-state index in [1.807, 2.05) is 0 Å². The van der Waals surface area contributed by atoms with E-state index in [2.05, 4.69) is 10.3 Å². The Morgan fingerprint density at radius 1 is 1.28 bits per heavy atom. The Balaban J connectivity index is 1.96. The van der Waals surface area contributed by atoms with Crippen LogP contribution in [0.15, 0.2) is 24.4 Å². The largest absolute Gasteiger partial charge is 0.444 e. The first-order chi connectivity index (χ1) is 16.8. The van der Waals surface area contributed by atoms with Gasteiger partial charge in [0, 0.05) is 24.5 Å². The van der Waals surface area contributed by atoms with Gasteiger partial charge in [-0.25, -0.2) is 26.7 Å². The molecule has 0 bridgehead atoms. The molecule has 1 fully saturated rings. The Kier molecular flexibility index (Phi) is 8.34. The molecule has 3 rings (SSSR count). The summed E-state index contributed by atoms with van der Waals surface area (Å²) in [7, 11) is 0. The van der Waals surface area contributed by atoms with E-state index in [1.165, 1.54) is 12.3 Å².